The van der Waals surface area contributed by atoms with Crippen LogP contribution in [-0.4, -0.2) is 91.9 Å². The molecule has 0 radical (unpaired) electrons. The van der Waals surface area contributed by atoms with E-state index in [0.29, 0.717) is 71.9 Å². The SMILES string of the molecule is CC(C)(C)[Si](C)(C)OC1CO[C@H]2[C@@H]1OC[C@H]2Oc1nc2cc(Cl)c(N[C@H]3CCc4cc(N=S(C)(C)=O)cc(F)c43)nc2n1COCC[Si](C)(C)C. The Kier molecular flexibility index (Phi) is 10.8. The summed E-state index contributed by atoms with van der Waals surface area (Å²) in [5, 5.41) is 3.80. The first-order valence-corrected chi connectivity index (χ1v) is 27.0. The number of rotatable bonds is 12. The lowest BCUT2D eigenvalue weighted by Gasteiger charge is -2.39. The molecule has 0 amide bonds. The van der Waals surface area contributed by atoms with Crippen LogP contribution in [0, 0.1) is 5.82 Å². The Bertz CT molecular complexity index is 1900. The maximum absolute atomic E-state index is 15.5. The van der Waals surface area contributed by atoms with Crippen LogP contribution in [0.4, 0.5) is 15.9 Å². The van der Waals surface area contributed by atoms with Crippen LogP contribution in [0.5, 0.6) is 6.01 Å². The number of ether oxygens (including phenoxy) is 4. The van der Waals surface area contributed by atoms with Gasteiger partial charge in [-0.1, -0.05) is 52.0 Å². The maximum Gasteiger partial charge on any atom is 0.301 e. The maximum atomic E-state index is 15.5. The Hall–Kier alpha value is -2.12. The van der Waals surface area contributed by atoms with Crippen molar-refractivity contribution in [3.8, 4) is 6.01 Å². The van der Waals surface area contributed by atoms with Crippen LogP contribution in [0.25, 0.3) is 11.2 Å². The second kappa shape index (κ2) is 14.3. The lowest BCUT2D eigenvalue weighted by atomic mass is 10.1. The molecule has 16 heteroatoms. The van der Waals surface area contributed by atoms with Crippen LogP contribution in [0.1, 0.15) is 44.4 Å². The van der Waals surface area contributed by atoms with Crippen molar-refractivity contribution in [2.75, 3.05) is 37.6 Å². The summed E-state index contributed by atoms with van der Waals surface area (Å²) in [5.41, 5.74) is 2.82. The lowest BCUT2D eigenvalue weighted by molar-refractivity contribution is 0.00687. The van der Waals surface area contributed by atoms with E-state index < -0.39 is 38.0 Å². The third kappa shape index (κ3) is 8.66. The van der Waals surface area contributed by atoms with E-state index in [4.69, 9.17) is 44.9 Å². The molecule has 1 aliphatic carbocycles. The molecule has 1 aromatic carbocycles. The van der Waals surface area contributed by atoms with Gasteiger partial charge in [0, 0.05) is 48.6 Å². The van der Waals surface area contributed by atoms with E-state index in [-0.39, 0.29) is 36.1 Å². The van der Waals surface area contributed by atoms with E-state index in [9.17, 15) is 4.21 Å². The van der Waals surface area contributed by atoms with Gasteiger partial charge < -0.3 is 28.7 Å². The van der Waals surface area contributed by atoms with Crippen LogP contribution in [0.15, 0.2) is 22.6 Å². The van der Waals surface area contributed by atoms with Crippen molar-refractivity contribution in [2.24, 2.45) is 4.36 Å². The van der Waals surface area contributed by atoms with Gasteiger partial charge in [0.15, 0.2) is 20.1 Å². The zero-order chi connectivity index (χ0) is 37.1. The highest BCUT2D eigenvalue weighted by molar-refractivity contribution is 7.92. The molecule has 11 nitrogen and oxygen atoms in total. The fourth-order valence-corrected chi connectivity index (χ4v) is 9.37. The van der Waals surface area contributed by atoms with Crippen LogP contribution >= 0.6 is 11.6 Å². The van der Waals surface area contributed by atoms with Gasteiger partial charge in [0.1, 0.15) is 36.1 Å². The predicted octanol–water partition coefficient (Wildman–Crippen LogP) is 7.93. The second-order valence-corrected chi connectivity index (χ2v) is 30.3. The van der Waals surface area contributed by atoms with Gasteiger partial charge in [-0.15, -0.1) is 0 Å². The molecular weight excluding hydrogens is 729 g/mol. The minimum absolute atomic E-state index is 0.0629. The highest BCUT2D eigenvalue weighted by Crippen LogP contribution is 2.42. The van der Waals surface area contributed by atoms with E-state index in [1.54, 1.807) is 6.07 Å². The molecule has 2 aromatic heterocycles. The fraction of sp³-hybridized carbons (Fsp3) is 0.657. The highest BCUT2D eigenvalue weighted by Gasteiger charge is 2.52. The molecule has 3 aromatic rings. The van der Waals surface area contributed by atoms with Crippen molar-refractivity contribution < 1.29 is 32.0 Å². The van der Waals surface area contributed by atoms with Crippen molar-refractivity contribution in [3.05, 3.63) is 40.2 Å². The zero-order valence-corrected chi connectivity index (χ0v) is 35.0. The summed E-state index contributed by atoms with van der Waals surface area (Å²) in [6.45, 7) is 19.6. The monoisotopic (exact) mass is 781 g/mol. The molecule has 51 heavy (non-hydrogen) atoms. The Balaban J connectivity index is 1.26. The Morgan fingerprint density at radius 2 is 1.76 bits per heavy atom. The largest absolute Gasteiger partial charge is 0.456 e. The van der Waals surface area contributed by atoms with Gasteiger partial charge in [-0.25, -0.2) is 13.6 Å². The van der Waals surface area contributed by atoms with Crippen LogP contribution in [0.2, 0.25) is 48.8 Å². The summed E-state index contributed by atoms with van der Waals surface area (Å²) >= 11 is 6.80. The van der Waals surface area contributed by atoms with Gasteiger partial charge in [-0.05, 0) is 54.7 Å². The van der Waals surface area contributed by atoms with Gasteiger partial charge in [0.05, 0.1) is 36.1 Å². The summed E-state index contributed by atoms with van der Waals surface area (Å²) < 4.78 is 65.7. The number of halogens is 2. The number of anilines is 1. The van der Waals surface area contributed by atoms with Gasteiger partial charge >= 0.3 is 6.01 Å². The molecule has 2 fully saturated rings. The number of imidazole rings is 1. The first kappa shape index (κ1) is 38.6. The predicted molar refractivity (Wildman–Crippen MR) is 206 cm³/mol. The van der Waals surface area contributed by atoms with Crippen molar-refractivity contribution in [1.29, 1.82) is 0 Å². The molecule has 1 unspecified atom stereocenters. The minimum atomic E-state index is -2.42. The molecule has 1 N–H and O–H groups in total. The van der Waals surface area contributed by atoms with Crippen molar-refractivity contribution in [2.45, 2.75) is 115 Å². The molecule has 6 rings (SSSR count). The average molecular weight is 783 g/mol. The number of aromatic nitrogens is 3. The van der Waals surface area contributed by atoms with Gasteiger partial charge in [0.25, 0.3) is 0 Å². The third-order valence-corrected chi connectivity index (χ3v) is 17.4. The second-order valence-electron chi connectivity index (χ2n) is 17.0. The smallest absolute Gasteiger partial charge is 0.301 e. The number of benzene rings is 1. The minimum Gasteiger partial charge on any atom is -0.456 e. The van der Waals surface area contributed by atoms with Gasteiger partial charge in [0.2, 0.25) is 0 Å². The zero-order valence-electron chi connectivity index (χ0n) is 31.5. The number of nitrogens with zero attached hydrogens (tertiary/aromatic N) is 4. The van der Waals surface area contributed by atoms with Crippen LogP contribution in [0.3, 0.4) is 0 Å². The van der Waals surface area contributed by atoms with E-state index in [0.717, 1.165) is 11.6 Å². The van der Waals surface area contributed by atoms with Gasteiger partial charge in [-0.3, -0.25) is 4.57 Å². The molecule has 0 bridgehead atoms. The summed E-state index contributed by atoms with van der Waals surface area (Å²) in [6, 6.07) is 5.87. The molecule has 282 valence electrons. The van der Waals surface area contributed by atoms with E-state index in [2.05, 4.69) is 63.2 Å². The molecule has 2 aliphatic heterocycles. The summed E-state index contributed by atoms with van der Waals surface area (Å²) in [7, 11) is -5.80. The van der Waals surface area contributed by atoms with Crippen molar-refractivity contribution >= 4 is 60.4 Å². The number of hydrogen-bond donors (Lipinski definition) is 1. The van der Waals surface area contributed by atoms with E-state index in [1.165, 1.54) is 18.6 Å². The fourth-order valence-electron chi connectivity index (χ4n) is 6.48. The number of fused-ring (bicyclic) bond motifs is 3. The summed E-state index contributed by atoms with van der Waals surface area (Å²) in [6.07, 6.45) is 3.24. The molecular formula is C35H53ClFN5O6SSi2. The molecule has 0 spiro atoms. The number of nitrogens with one attached hydrogen (secondary N) is 1. The Morgan fingerprint density at radius 3 is 2.43 bits per heavy atom. The first-order valence-electron chi connectivity index (χ1n) is 17.7. The molecule has 4 heterocycles. The Labute approximate surface area is 308 Å². The van der Waals surface area contributed by atoms with Crippen LogP contribution in [-0.2, 0) is 41.5 Å². The molecule has 5 atom stereocenters. The standard InChI is InChI=1S/C35H53ClFN5O6SSi2/c1-35(2,3)51(9,10)48-28-19-46-30-27(18-45-31(28)30)47-34-39-26-17-23(36)32(40-33(26)42(34)20-44-13-14-50(6,7)8)38-25-12-11-21-15-22(41-49(4,5)43)16-24(37)29(21)25/h15-17,25,27-28,30-31H,11-14,18-20H2,1-10H3,(H,38,40)/t25-,27+,28?,30+,31+/m0/s1. The first-order chi connectivity index (χ1) is 23.7. The highest BCUT2D eigenvalue weighted by atomic mass is 35.5. The van der Waals surface area contributed by atoms with Gasteiger partial charge in [-0.2, -0.15) is 9.35 Å². The summed E-state index contributed by atoms with van der Waals surface area (Å²) in [4.78, 5) is 9.74. The topological polar surface area (TPSA) is 118 Å². The number of hydrogen-bond acceptors (Lipinski definition) is 10. The third-order valence-electron chi connectivity index (χ3n) is 10.2. The van der Waals surface area contributed by atoms with Crippen molar-refractivity contribution in [1.82, 2.24) is 14.5 Å². The molecule has 2 saturated heterocycles. The average Bonchev–Trinajstić information content (AvgIpc) is 3.75. The van der Waals surface area contributed by atoms with Crippen molar-refractivity contribution in [3.63, 3.8) is 0 Å². The quantitative estimate of drug-likeness (QED) is 0.144. The molecule has 3 aliphatic rings. The number of aryl methyl sites for hydroxylation is 1. The van der Waals surface area contributed by atoms with E-state index in [1.807, 2.05) is 10.6 Å². The van der Waals surface area contributed by atoms with Crippen LogP contribution < -0.4 is 10.1 Å². The Morgan fingerprint density at radius 1 is 1.08 bits per heavy atom. The normalized spacial score (nSPS) is 23.9. The summed E-state index contributed by atoms with van der Waals surface area (Å²) in [5.74, 6) is 0.00548. The molecule has 0 saturated carbocycles. The number of pyridine rings is 1. The van der Waals surface area contributed by atoms with E-state index >= 15 is 4.39 Å². The lowest BCUT2D eigenvalue weighted by Crippen LogP contribution is -2.47.